The molecule has 0 fully saturated rings. The van der Waals surface area contributed by atoms with Crippen LogP contribution < -0.4 is 0 Å². The average molecular weight is 188 g/mol. The van der Waals surface area contributed by atoms with Crippen molar-refractivity contribution < 1.29 is 13.2 Å². The third-order valence-electron chi connectivity index (χ3n) is 1.31. The Kier molecular flexibility index (Phi) is 3.33. The lowest BCUT2D eigenvalue weighted by Gasteiger charge is -2.13. The molecular formula is C7H7FNO2S-. The van der Waals surface area contributed by atoms with Crippen molar-refractivity contribution in [3.63, 3.8) is 0 Å². The van der Waals surface area contributed by atoms with Crippen LogP contribution in [0.5, 0.6) is 0 Å². The number of hydrogen-bond acceptors (Lipinski definition) is 2. The normalized spacial score (nSPS) is 13.2. The molecule has 0 saturated carbocycles. The van der Waals surface area contributed by atoms with Crippen molar-refractivity contribution in [3.05, 3.63) is 35.9 Å². The van der Waals surface area contributed by atoms with Crippen LogP contribution in [0.1, 0.15) is 5.56 Å². The Morgan fingerprint density at radius 1 is 1.42 bits per heavy atom. The highest BCUT2D eigenvalue weighted by Gasteiger charge is 2.02. The first kappa shape index (κ1) is 9.31. The van der Waals surface area contributed by atoms with Gasteiger partial charge < -0.3 is 4.55 Å². The van der Waals surface area contributed by atoms with Gasteiger partial charge in [0, 0.05) is 0 Å². The summed E-state index contributed by atoms with van der Waals surface area (Å²) in [5, 5.41) is 0. The van der Waals surface area contributed by atoms with Gasteiger partial charge in [0.25, 0.3) is 0 Å². The summed E-state index contributed by atoms with van der Waals surface area (Å²) in [5.41, 5.74) is 0.615. The Morgan fingerprint density at radius 2 is 2.00 bits per heavy atom. The van der Waals surface area contributed by atoms with Crippen molar-refractivity contribution in [3.8, 4) is 0 Å². The van der Waals surface area contributed by atoms with Gasteiger partial charge >= 0.3 is 0 Å². The van der Waals surface area contributed by atoms with Crippen LogP contribution in [0.15, 0.2) is 30.3 Å². The maximum atomic E-state index is 12.4. The highest BCUT2D eigenvalue weighted by molar-refractivity contribution is 7.76. The molecular weight excluding hydrogens is 181 g/mol. The second-order valence-corrected chi connectivity index (χ2v) is 3.01. The van der Waals surface area contributed by atoms with Crippen LogP contribution in [0.3, 0.4) is 0 Å². The van der Waals surface area contributed by atoms with Gasteiger partial charge in [-0.1, -0.05) is 34.9 Å². The predicted octanol–water partition coefficient (Wildman–Crippen LogP) is 1.17. The van der Waals surface area contributed by atoms with Gasteiger partial charge in [-0.3, -0.25) is 4.21 Å². The topological polar surface area (TPSA) is 43.4 Å². The molecule has 0 bridgehead atoms. The molecule has 5 heteroatoms. The second kappa shape index (κ2) is 4.30. The maximum Gasteiger partial charge on any atom is 0.0672 e. The first-order valence-corrected chi connectivity index (χ1v) is 4.30. The van der Waals surface area contributed by atoms with Gasteiger partial charge in [-0.2, -0.15) is 0 Å². The van der Waals surface area contributed by atoms with Crippen LogP contribution in [0.4, 0.5) is 4.48 Å². The van der Waals surface area contributed by atoms with Crippen LogP contribution in [0, 0.1) is 0 Å². The highest BCUT2D eigenvalue weighted by Crippen LogP contribution is 2.05. The Balaban J connectivity index is 2.58. The number of nitrogens with zero attached hydrogens (tertiary/aromatic N) is 1. The largest absolute Gasteiger partial charge is 0.758 e. The van der Waals surface area contributed by atoms with E-state index in [0.717, 1.165) is 0 Å². The summed E-state index contributed by atoms with van der Waals surface area (Å²) in [6, 6.07) is 8.52. The molecule has 0 amide bonds. The fourth-order valence-corrected chi connectivity index (χ4v) is 1.03. The molecule has 0 aliphatic carbocycles. The fourth-order valence-electron chi connectivity index (χ4n) is 0.780. The predicted molar refractivity (Wildman–Crippen MR) is 42.0 cm³/mol. The smallest absolute Gasteiger partial charge is 0.0672 e. The third-order valence-corrected chi connectivity index (χ3v) is 1.76. The molecule has 3 nitrogen and oxygen atoms in total. The molecule has 0 heterocycles. The van der Waals surface area contributed by atoms with Gasteiger partial charge in [0.15, 0.2) is 0 Å². The number of rotatable bonds is 3. The molecule has 12 heavy (non-hydrogen) atoms. The first-order chi connectivity index (χ1) is 5.70. The zero-order valence-corrected chi connectivity index (χ0v) is 6.96. The van der Waals surface area contributed by atoms with Crippen LogP contribution >= 0.6 is 0 Å². The lowest BCUT2D eigenvalue weighted by Crippen LogP contribution is -2.15. The van der Waals surface area contributed by atoms with E-state index in [2.05, 4.69) is 0 Å². The highest BCUT2D eigenvalue weighted by atomic mass is 32.2. The minimum Gasteiger partial charge on any atom is -0.758 e. The zero-order chi connectivity index (χ0) is 8.97. The lowest BCUT2D eigenvalue weighted by molar-refractivity contribution is 0.126. The maximum absolute atomic E-state index is 12.4. The summed E-state index contributed by atoms with van der Waals surface area (Å²) < 4.78 is 32.3. The number of hydrogen-bond donors (Lipinski definition) is 0. The summed E-state index contributed by atoms with van der Waals surface area (Å²) in [5.74, 6) is 0. The standard InChI is InChI=1S/C7H8FNO2S/c8-9(12(10)11)6-7-4-2-1-3-5-7/h1-5H,6H2,(H,10,11)/p-1. The molecule has 1 aromatic rings. The quantitative estimate of drug-likeness (QED) is 0.527. The van der Waals surface area contributed by atoms with Crippen LogP contribution in [0.25, 0.3) is 0 Å². The first-order valence-electron chi connectivity index (χ1n) is 3.27. The molecule has 0 aromatic heterocycles. The Labute approximate surface area is 72.2 Å². The summed E-state index contributed by atoms with van der Waals surface area (Å²) >= 11 is -2.79. The van der Waals surface area contributed by atoms with E-state index >= 15 is 0 Å². The molecule has 0 spiro atoms. The Morgan fingerprint density at radius 3 is 2.50 bits per heavy atom. The molecule has 0 aliphatic rings. The molecule has 0 aliphatic heterocycles. The van der Waals surface area contributed by atoms with Crippen molar-refractivity contribution >= 4 is 11.3 Å². The van der Waals surface area contributed by atoms with Crippen LogP contribution in [0.2, 0.25) is 0 Å². The third kappa shape index (κ3) is 2.69. The van der Waals surface area contributed by atoms with Gasteiger partial charge in [-0.15, -0.1) is 4.48 Å². The van der Waals surface area contributed by atoms with Crippen molar-refractivity contribution in [1.29, 1.82) is 0 Å². The van der Waals surface area contributed by atoms with Crippen molar-refractivity contribution in [2.75, 3.05) is 0 Å². The number of halogens is 1. The SMILES string of the molecule is O=S([O-])N(F)Cc1ccccc1. The fraction of sp³-hybridized carbons (Fsp3) is 0.143. The molecule has 0 saturated heterocycles. The molecule has 66 valence electrons. The second-order valence-electron chi connectivity index (χ2n) is 2.18. The summed E-state index contributed by atoms with van der Waals surface area (Å²) in [4.78, 5) is 0. The number of benzene rings is 1. The van der Waals surface area contributed by atoms with Crippen molar-refractivity contribution in [2.24, 2.45) is 0 Å². The van der Waals surface area contributed by atoms with E-state index in [4.69, 9.17) is 0 Å². The van der Waals surface area contributed by atoms with E-state index in [1.807, 2.05) is 0 Å². The van der Waals surface area contributed by atoms with Crippen molar-refractivity contribution in [2.45, 2.75) is 6.54 Å². The lowest BCUT2D eigenvalue weighted by atomic mass is 10.2. The summed E-state index contributed by atoms with van der Waals surface area (Å²) in [6.45, 7) is -0.239. The zero-order valence-electron chi connectivity index (χ0n) is 6.14. The summed E-state index contributed by atoms with van der Waals surface area (Å²) in [6.07, 6.45) is 0. The summed E-state index contributed by atoms with van der Waals surface area (Å²) in [7, 11) is 0. The van der Waals surface area contributed by atoms with Gasteiger partial charge in [-0.25, -0.2) is 0 Å². The minimum absolute atomic E-state index is 0.239. The van der Waals surface area contributed by atoms with Gasteiger partial charge in [0.2, 0.25) is 0 Å². The molecule has 1 aromatic carbocycles. The van der Waals surface area contributed by atoms with E-state index in [1.165, 1.54) is 0 Å². The van der Waals surface area contributed by atoms with Crippen LogP contribution in [-0.4, -0.2) is 13.3 Å². The Hall–Kier alpha value is -0.780. The minimum atomic E-state index is -2.79. The van der Waals surface area contributed by atoms with Gasteiger partial charge in [0.05, 0.1) is 17.8 Å². The molecule has 0 N–H and O–H groups in total. The van der Waals surface area contributed by atoms with E-state index in [0.29, 0.717) is 5.56 Å². The van der Waals surface area contributed by atoms with E-state index in [1.54, 1.807) is 30.3 Å². The van der Waals surface area contributed by atoms with Crippen LogP contribution in [-0.2, 0) is 17.8 Å². The Bertz CT molecular complexity index is 267. The molecule has 1 unspecified atom stereocenters. The van der Waals surface area contributed by atoms with Gasteiger partial charge in [0.1, 0.15) is 0 Å². The van der Waals surface area contributed by atoms with Gasteiger partial charge in [-0.05, 0) is 5.56 Å². The molecule has 1 atom stereocenters. The molecule has 1 rings (SSSR count). The van der Waals surface area contributed by atoms with E-state index < -0.39 is 11.3 Å². The van der Waals surface area contributed by atoms with E-state index in [-0.39, 0.29) is 11.1 Å². The van der Waals surface area contributed by atoms with Crippen molar-refractivity contribution in [1.82, 2.24) is 4.53 Å². The monoisotopic (exact) mass is 188 g/mol. The van der Waals surface area contributed by atoms with E-state index in [9.17, 15) is 13.2 Å². The molecule has 0 radical (unpaired) electrons. The average Bonchev–Trinajstić information content (AvgIpc) is 2.06.